The Labute approximate surface area is 151 Å². The monoisotopic (exact) mass is 357 g/mol. The molecule has 0 bridgehead atoms. The number of alkyl carbamates (subject to hydrolysis) is 1. The second-order valence-electron chi connectivity index (χ2n) is 8.25. The quantitative estimate of drug-likeness (QED) is 0.423. The molecule has 8 heteroatoms. The van der Waals surface area contributed by atoms with Gasteiger partial charge in [0.25, 0.3) is 0 Å². The molecule has 0 aliphatic rings. The molecular formula is C17H35N5O3. The zero-order valence-corrected chi connectivity index (χ0v) is 17.1. The lowest BCUT2D eigenvalue weighted by Crippen LogP contribution is -2.55. The van der Waals surface area contributed by atoms with E-state index < -0.39 is 22.6 Å². The molecule has 8 nitrogen and oxygen atoms in total. The smallest absolute Gasteiger partial charge is 0.408 e. The minimum atomic E-state index is -0.573. The summed E-state index contributed by atoms with van der Waals surface area (Å²) in [6.07, 6.45) is -0.469. The lowest BCUT2D eigenvalue weighted by molar-refractivity contribution is -0.128. The van der Waals surface area contributed by atoms with E-state index in [1.54, 1.807) is 14.1 Å². The summed E-state index contributed by atoms with van der Waals surface area (Å²) < 4.78 is 5.27. The zero-order valence-electron chi connectivity index (χ0n) is 17.1. The molecule has 0 aromatic carbocycles. The van der Waals surface area contributed by atoms with Crippen LogP contribution in [-0.2, 0) is 9.53 Å². The van der Waals surface area contributed by atoms with E-state index in [4.69, 9.17) is 4.74 Å². The summed E-state index contributed by atoms with van der Waals surface area (Å²) in [4.78, 5) is 27.9. The minimum absolute atomic E-state index is 0.0534. The van der Waals surface area contributed by atoms with Crippen molar-refractivity contribution < 1.29 is 14.3 Å². The second kappa shape index (κ2) is 8.92. The standard InChI is InChI=1S/C17H35N5O3/c1-15(2,3)25-14(24)22-17(6,7)11-21-13(19-9)20-10-16(4,5)12(23)18-8/h10-11H2,1-9H3,(H,18,23)(H,22,24)(H2,19,20,21). The van der Waals surface area contributed by atoms with E-state index in [1.807, 2.05) is 48.5 Å². The summed E-state index contributed by atoms with van der Waals surface area (Å²) >= 11 is 0. The van der Waals surface area contributed by atoms with E-state index in [0.717, 1.165) is 0 Å². The number of nitrogens with zero attached hydrogens (tertiary/aromatic N) is 1. The number of nitrogens with one attached hydrogen (secondary N) is 4. The van der Waals surface area contributed by atoms with Gasteiger partial charge < -0.3 is 26.0 Å². The maximum Gasteiger partial charge on any atom is 0.408 e. The Morgan fingerprint density at radius 3 is 1.92 bits per heavy atom. The number of hydrogen-bond donors (Lipinski definition) is 4. The number of aliphatic imine (C=N–C) groups is 1. The van der Waals surface area contributed by atoms with Gasteiger partial charge in [-0.15, -0.1) is 0 Å². The van der Waals surface area contributed by atoms with Crippen molar-refractivity contribution >= 4 is 18.0 Å². The maximum atomic E-state index is 11.9. The number of carbonyl (C=O) groups excluding carboxylic acids is 2. The average Bonchev–Trinajstić information content (AvgIpc) is 2.43. The predicted octanol–water partition coefficient (Wildman–Crippen LogP) is 1.23. The first-order valence-electron chi connectivity index (χ1n) is 8.40. The van der Waals surface area contributed by atoms with Gasteiger partial charge in [-0.3, -0.25) is 9.79 Å². The van der Waals surface area contributed by atoms with Crippen LogP contribution in [0.3, 0.4) is 0 Å². The van der Waals surface area contributed by atoms with Gasteiger partial charge in [-0.1, -0.05) is 0 Å². The summed E-state index contributed by atoms with van der Waals surface area (Å²) in [5, 5.41) is 11.7. The van der Waals surface area contributed by atoms with E-state index >= 15 is 0 Å². The van der Waals surface area contributed by atoms with Crippen LogP contribution in [0, 0.1) is 5.41 Å². The Balaban J connectivity index is 4.55. The molecule has 0 aromatic heterocycles. The molecule has 0 aliphatic carbocycles. The van der Waals surface area contributed by atoms with Gasteiger partial charge in [-0.25, -0.2) is 4.79 Å². The number of carbonyl (C=O) groups is 2. The van der Waals surface area contributed by atoms with Crippen molar-refractivity contribution in [1.29, 1.82) is 0 Å². The molecule has 146 valence electrons. The van der Waals surface area contributed by atoms with Gasteiger partial charge in [-0.2, -0.15) is 0 Å². The van der Waals surface area contributed by atoms with Crippen LogP contribution in [0.15, 0.2) is 4.99 Å². The van der Waals surface area contributed by atoms with Crippen LogP contribution in [0.25, 0.3) is 0 Å². The van der Waals surface area contributed by atoms with Crippen LogP contribution in [-0.4, -0.2) is 56.3 Å². The molecule has 0 unspecified atom stereocenters. The van der Waals surface area contributed by atoms with Crippen molar-refractivity contribution in [2.24, 2.45) is 10.4 Å². The highest BCUT2D eigenvalue weighted by Gasteiger charge is 2.28. The minimum Gasteiger partial charge on any atom is -0.444 e. The molecule has 25 heavy (non-hydrogen) atoms. The first-order valence-corrected chi connectivity index (χ1v) is 8.40. The summed E-state index contributed by atoms with van der Waals surface area (Å²) in [7, 11) is 3.26. The molecule has 0 rings (SSSR count). The largest absolute Gasteiger partial charge is 0.444 e. The number of hydrogen-bond acceptors (Lipinski definition) is 4. The normalized spacial score (nSPS) is 13.1. The third-order valence-corrected chi connectivity index (χ3v) is 3.30. The van der Waals surface area contributed by atoms with Crippen LogP contribution in [0.1, 0.15) is 48.5 Å². The van der Waals surface area contributed by atoms with Crippen LogP contribution in [0.2, 0.25) is 0 Å². The Bertz CT molecular complexity index is 493. The topological polar surface area (TPSA) is 104 Å². The fourth-order valence-corrected chi connectivity index (χ4v) is 1.87. The van der Waals surface area contributed by atoms with Crippen LogP contribution < -0.4 is 21.3 Å². The SMILES string of the molecule is CN=C(NCC(C)(C)NC(=O)OC(C)(C)C)NCC(C)(C)C(=O)NC. The number of ether oxygens (including phenoxy) is 1. The van der Waals surface area contributed by atoms with Gasteiger partial charge in [0.15, 0.2) is 5.96 Å². The first-order chi connectivity index (χ1) is 11.2. The van der Waals surface area contributed by atoms with Crippen molar-refractivity contribution in [1.82, 2.24) is 21.3 Å². The van der Waals surface area contributed by atoms with E-state index in [-0.39, 0.29) is 5.91 Å². The zero-order chi connectivity index (χ0) is 19.9. The Kier molecular flexibility index (Phi) is 8.21. The van der Waals surface area contributed by atoms with Crippen molar-refractivity contribution in [3.8, 4) is 0 Å². The van der Waals surface area contributed by atoms with Gasteiger partial charge in [-0.05, 0) is 48.5 Å². The third kappa shape index (κ3) is 9.79. The summed E-state index contributed by atoms with van der Waals surface area (Å²) in [6, 6.07) is 0. The van der Waals surface area contributed by atoms with Gasteiger partial charge in [0.05, 0.1) is 11.0 Å². The highest BCUT2D eigenvalue weighted by Crippen LogP contribution is 2.13. The summed E-state index contributed by atoms with van der Waals surface area (Å²) in [5.74, 6) is 0.499. The number of amides is 2. The molecule has 0 radical (unpaired) electrons. The van der Waals surface area contributed by atoms with Crippen molar-refractivity contribution in [3.05, 3.63) is 0 Å². The van der Waals surface area contributed by atoms with Gasteiger partial charge in [0, 0.05) is 27.2 Å². The first kappa shape index (κ1) is 23.0. The Hall–Kier alpha value is -1.99. The average molecular weight is 357 g/mol. The molecule has 0 aromatic rings. The van der Waals surface area contributed by atoms with E-state index in [9.17, 15) is 9.59 Å². The molecule has 0 aliphatic heterocycles. The highest BCUT2D eigenvalue weighted by molar-refractivity contribution is 5.84. The van der Waals surface area contributed by atoms with Crippen LogP contribution in [0.4, 0.5) is 4.79 Å². The fraction of sp³-hybridized carbons (Fsp3) is 0.824. The molecule has 0 saturated heterocycles. The molecule has 0 atom stereocenters. The van der Waals surface area contributed by atoms with Crippen LogP contribution in [0.5, 0.6) is 0 Å². The van der Waals surface area contributed by atoms with Gasteiger partial charge in [0.1, 0.15) is 5.60 Å². The van der Waals surface area contributed by atoms with E-state index in [2.05, 4.69) is 26.3 Å². The lowest BCUT2D eigenvalue weighted by Gasteiger charge is -2.30. The molecule has 0 spiro atoms. The lowest BCUT2D eigenvalue weighted by atomic mass is 9.92. The molecule has 0 saturated carbocycles. The Morgan fingerprint density at radius 2 is 1.48 bits per heavy atom. The number of rotatable bonds is 6. The molecule has 2 amide bonds. The van der Waals surface area contributed by atoms with Crippen molar-refractivity contribution in [2.75, 3.05) is 27.2 Å². The highest BCUT2D eigenvalue weighted by atomic mass is 16.6. The summed E-state index contributed by atoms with van der Waals surface area (Å²) in [5.41, 5.74) is -1.66. The molecule has 0 heterocycles. The van der Waals surface area contributed by atoms with Gasteiger partial charge >= 0.3 is 6.09 Å². The van der Waals surface area contributed by atoms with Crippen LogP contribution >= 0.6 is 0 Å². The van der Waals surface area contributed by atoms with Crippen molar-refractivity contribution in [3.63, 3.8) is 0 Å². The number of guanidine groups is 1. The third-order valence-electron chi connectivity index (χ3n) is 3.30. The predicted molar refractivity (Wildman–Crippen MR) is 101 cm³/mol. The molecular weight excluding hydrogens is 322 g/mol. The summed E-state index contributed by atoms with van der Waals surface area (Å²) in [6.45, 7) is 13.8. The molecule has 4 N–H and O–H groups in total. The van der Waals surface area contributed by atoms with Crippen molar-refractivity contribution in [2.45, 2.75) is 59.6 Å². The van der Waals surface area contributed by atoms with E-state index in [0.29, 0.717) is 19.0 Å². The van der Waals surface area contributed by atoms with E-state index in [1.165, 1.54) is 0 Å². The fourth-order valence-electron chi connectivity index (χ4n) is 1.87. The second-order valence-corrected chi connectivity index (χ2v) is 8.25. The molecule has 0 fully saturated rings. The maximum absolute atomic E-state index is 11.9. The Morgan fingerprint density at radius 1 is 0.960 bits per heavy atom. The van der Waals surface area contributed by atoms with Gasteiger partial charge in [0.2, 0.25) is 5.91 Å².